The van der Waals surface area contributed by atoms with Crippen LogP contribution in [0.1, 0.15) is 45.4 Å². The maximum Gasteiger partial charge on any atom is 0.418 e. The predicted octanol–water partition coefficient (Wildman–Crippen LogP) is 7.41. The van der Waals surface area contributed by atoms with E-state index in [1.165, 1.54) is 6.07 Å². The van der Waals surface area contributed by atoms with Crippen molar-refractivity contribution in [2.24, 2.45) is 0 Å². The molecule has 0 bridgehead atoms. The number of pyridine rings is 1. The minimum Gasteiger partial charge on any atom is -0.247 e. The van der Waals surface area contributed by atoms with Gasteiger partial charge in [0, 0.05) is 9.86 Å². The Labute approximate surface area is 149 Å². The highest BCUT2D eigenvalue weighted by atomic mass is 79.9. The van der Waals surface area contributed by atoms with Crippen molar-refractivity contribution in [1.29, 1.82) is 0 Å². The van der Waals surface area contributed by atoms with Gasteiger partial charge in [-0.15, -0.1) is 0 Å². The number of alkyl halides is 3. The molecule has 0 radical (unpaired) electrons. The third kappa shape index (κ3) is 4.69. The molecule has 0 unspecified atom stereocenters. The lowest BCUT2D eigenvalue weighted by Crippen LogP contribution is -2.07. The monoisotopic (exact) mass is 399 g/mol. The summed E-state index contributed by atoms with van der Waals surface area (Å²) in [6.45, 7) is 7.83. The fourth-order valence-corrected chi connectivity index (χ4v) is 2.78. The number of para-hydroxylation sites is 1. The van der Waals surface area contributed by atoms with Crippen molar-refractivity contribution < 1.29 is 13.2 Å². The molecule has 0 spiro atoms. The van der Waals surface area contributed by atoms with E-state index in [0.717, 1.165) is 18.1 Å². The number of aromatic nitrogens is 1. The van der Waals surface area contributed by atoms with Crippen LogP contribution in [0.25, 0.3) is 16.5 Å². The molecular formula is C19H21BrF3N. The van der Waals surface area contributed by atoms with Crippen molar-refractivity contribution in [3.8, 4) is 0 Å². The van der Waals surface area contributed by atoms with Gasteiger partial charge < -0.3 is 0 Å². The van der Waals surface area contributed by atoms with Gasteiger partial charge in [0.1, 0.15) is 0 Å². The molecular weight excluding hydrogens is 379 g/mol. The van der Waals surface area contributed by atoms with Gasteiger partial charge in [-0.2, -0.15) is 13.2 Å². The van der Waals surface area contributed by atoms with Gasteiger partial charge in [0.25, 0.3) is 0 Å². The second-order valence-corrected chi connectivity index (χ2v) is 5.61. The zero-order valence-corrected chi connectivity index (χ0v) is 15.8. The lowest BCUT2D eigenvalue weighted by Gasteiger charge is -2.12. The number of hydrogen-bond donors (Lipinski definition) is 0. The van der Waals surface area contributed by atoms with Crippen LogP contribution in [-0.2, 0) is 6.18 Å². The van der Waals surface area contributed by atoms with E-state index in [1.54, 1.807) is 12.1 Å². The lowest BCUT2D eigenvalue weighted by atomic mass is 10.1. The van der Waals surface area contributed by atoms with Gasteiger partial charge in [-0.05, 0) is 31.1 Å². The van der Waals surface area contributed by atoms with Crippen LogP contribution in [0, 0.1) is 0 Å². The van der Waals surface area contributed by atoms with Gasteiger partial charge in [0.15, 0.2) is 0 Å². The van der Waals surface area contributed by atoms with Crippen molar-refractivity contribution in [2.75, 3.05) is 0 Å². The van der Waals surface area contributed by atoms with Gasteiger partial charge in [-0.1, -0.05) is 67.1 Å². The summed E-state index contributed by atoms with van der Waals surface area (Å²) in [5.74, 6) is 0. The van der Waals surface area contributed by atoms with Gasteiger partial charge in [-0.3, -0.25) is 0 Å². The van der Waals surface area contributed by atoms with E-state index in [4.69, 9.17) is 0 Å². The zero-order chi connectivity index (χ0) is 18.3. The minimum atomic E-state index is -4.43. The van der Waals surface area contributed by atoms with Gasteiger partial charge in [-0.25, -0.2) is 4.98 Å². The topological polar surface area (TPSA) is 12.9 Å². The molecule has 0 fully saturated rings. The molecule has 0 saturated carbocycles. The first kappa shape index (κ1) is 20.4. The zero-order valence-electron chi connectivity index (χ0n) is 14.2. The van der Waals surface area contributed by atoms with Crippen molar-refractivity contribution in [2.45, 2.75) is 40.3 Å². The van der Waals surface area contributed by atoms with Crippen LogP contribution >= 0.6 is 15.9 Å². The van der Waals surface area contributed by atoms with Crippen LogP contribution in [0.15, 0.2) is 47.0 Å². The first-order valence-corrected chi connectivity index (χ1v) is 8.67. The molecule has 1 aromatic heterocycles. The van der Waals surface area contributed by atoms with E-state index in [2.05, 4.69) is 20.9 Å². The summed E-state index contributed by atoms with van der Waals surface area (Å²) in [5, 5.41) is 0.454. The molecule has 1 heterocycles. The Bertz CT molecular complexity index is 746. The smallest absolute Gasteiger partial charge is 0.247 e. The Morgan fingerprint density at radius 3 is 2.46 bits per heavy atom. The first-order valence-electron chi connectivity index (χ1n) is 7.88. The molecule has 0 amide bonds. The molecule has 0 aliphatic carbocycles. The Kier molecular flexibility index (Phi) is 7.67. The van der Waals surface area contributed by atoms with Crippen LogP contribution in [-0.4, -0.2) is 4.98 Å². The second kappa shape index (κ2) is 9.02. The van der Waals surface area contributed by atoms with Gasteiger partial charge in [0.05, 0.1) is 16.8 Å². The maximum absolute atomic E-state index is 13.2. The molecule has 24 heavy (non-hydrogen) atoms. The predicted molar refractivity (Wildman–Crippen MR) is 98.9 cm³/mol. The number of fused-ring (bicyclic) bond motifs is 1. The number of allylic oxidation sites excluding steroid dienone is 4. The summed E-state index contributed by atoms with van der Waals surface area (Å²) < 4.78 is 40.2. The average molecular weight is 400 g/mol. The van der Waals surface area contributed by atoms with Crippen LogP contribution < -0.4 is 0 Å². The highest BCUT2D eigenvalue weighted by Crippen LogP contribution is 2.37. The average Bonchev–Trinajstić information content (AvgIpc) is 2.55. The summed E-state index contributed by atoms with van der Waals surface area (Å²) in [5.41, 5.74) is 0.579. The van der Waals surface area contributed by atoms with E-state index < -0.39 is 11.7 Å². The SMILES string of the molecule is C/C=C\C(=C/CC)c1cc(Br)c2cccc(C(F)(F)F)c2n1.CC. The Morgan fingerprint density at radius 2 is 1.92 bits per heavy atom. The summed E-state index contributed by atoms with van der Waals surface area (Å²) >= 11 is 3.36. The molecule has 2 rings (SSSR count). The number of nitrogens with zero attached hydrogens (tertiary/aromatic N) is 1. The molecule has 2 aromatic rings. The molecule has 0 atom stereocenters. The van der Waals surface area contributed by atoms with Crippen molar-refractivity contribution in [3.05, 3.63) is 58.2 Å². The molecule has 0 N–H and O–H groups in total. The summed E-state index contributed by atoms with van der Waals surface area (Å²) in [6, 6.07) is 5.84. The number of rotatable bonds is 3. The number of hydrogen-bond acceptors (Lipinski definition) is 1. The van der Waals surface area contributed by atoms with Crippen LogP contribution in [0.4, 0.5) is 13.2 Å². The van der Waals surface area contributed by atoms with E-state index in [9.17, 15) is 13.2 Å². The van der Waals surface area contributed by atoms with Crippen molar-refractivity contribution in [3.63, 3.8) is 0 Å². The maximum atomic E-state index is 13.2. The Balaban J connectivity index is 0.00000139. The van der Waals surface area contributed by atoms with E-state index >= 15 is 0 Å². The molecule has 0 saturated heterocycles. The molecule has 130 valence electrons. The molecule has 0 aliphatic heterocycles. The highest BCUT2D eigenvalue weighted by Gasteiger charge is 2.33. The Hall–Kier alpha value is -1.62. The Morgan fingerprint density at radius 1 is 1.25 bits per heavy atom. The summed E-state index contributed by atoms with van der Waals surface area (Å²) in [4.78, 5) is 4.27. The third-order valence-corrected chi connectivity index (χ3v) is 3.82. The van der Waals surface area contributed by atoms with Crippen molar-refractivity contribution in [1.82, 2.24) is 4.98 Å². The summed E-state index contributed by atoms with van der Waals surface area (Å²) in [7, 11) is 0. The third-order valence-electron chi connectivity index (χ3n) is 3.16. The first-order chi connectivity index (χ1) is 11.4. The van der Waals surface area contributed by atoms with E-state index in [0.29, 0.717) is 15.6 Å². The van der Waals surface area contributed by atoms with Crippen LogP contribution in [0.3, 0.4) is 0 Å². The quantitative estimate of drug-likeness (QED) is 0.489. The largest absolute Gasteiger partial charge is 0.418 e. The standard InChI is InChI=1S/C17H15BrF3N.C2H6/c1-3-6-11(7-4-2)15-10-14(18)12-8-5-9-13(16(12)22-15)17(19,20)21;1-2/h3,5-10H,4H2,1-2H3;1-2H3/b6-3-,11-7+;. The van der Waals surface area contributed by atoms with Gasteiger partial charge in [0.2, 0.25) is 0 Å². The number of benzene rings is 1. The normalized spacial score (nSPS) is 12.4. The molecule has 1 nitrogen and oxygen atoms in total. The van der Waals surface area contributed by atoms with E-state index in [1.807, 2.05) is 45.9 Å². The molecule has 0 aliphatic rings. The van der Waals surface area contributed by atoms with E-state index in [-0.39, 0.29) is 5.52 Å². The highest BCUT2D eigenvalue weighted by molar-refractivity contribution is 9.10. The summed E-state index contributed by atoms with van der Waals surface area (Å²) in [6.07, 6.45) is 1.98. The van der Waals surface area contributed by atoms with Crippen LogP contribution in [0.2, 0.25) is 0 Å². The molecule has 1 aromatic carbocycles. The second-order valence-electron chi connectivity index (χ2n) is 4.76. The minimum absolute atomic E-state index is 0.0362. The van der Waals surface area contributed by atoms with Crippen molar-refractivity contribution >= 4 is 32.4 Å². The fourth-order valence-electron chi connectivity index (χ4n) is 2.24. The lowest BCUT2D eigenvalue weighted by molar-refractivity contribution is -0.136. The number of halogens is 4. The molecule has 5 heteroatoms. The fraction of sp³-hybridized carbons (Fsp3) is 0.316. The van der Waals surface area contributed by atoms with Crippen LogP contribution in [0.5, 0.6) is 0 Å². The van der Waals surface area contributed by atoms with Gasteiger partial charge >= 0.3 is 6.18 Å².